The van der Waals surface area contributed by atoms with Gasteiger partial charge in [0.25, 0.3) is 5.56 Å². The third-order valence-corrected chi connectivity index (χ3v) is 5.15. The Labute approximate surface area is 187 Å². The maximum atomic E-state index is 12.6. The summed E-state index contributed by atoms with van der Waals surface area (Å²) in [6.07, 6.45) is 3.48. The molecule has 0 fully saturated rings. The SMILES string of the molecule is O=C(CCn1cnc2ccccc2c1=O)Nc1ccccc1Cc1nc(-c2ccco2)no1. The van der Waals surface area contributed by atoms with Crippen LogP contribution in [0.4, 0.5) is 5.69 Å². The number of aromatic nitrogens is 4. The molecule has 0 aliphatic heterocycles. The van der Waals surface area contributed by atoms with Crippen molar-refractivity contribution in [1.82, 2.24) is 19.7 Å². The largest absolute Gasteiger partial charge is 0.461 e. The standard InChI is InChI=1S/C24H19N5O4/c30-21(11-12-29-15-25-19-9-4-2-7-17(19)24(29)31)26-18-8-3-1-6-16(18)14-22-27-23(28-33-22)20-10-5-13-32-20/h1-10,13,15H,11-12,14H2,(H,26,30). The molecule has 0 atom stereocenters. The number of fused-ring (bicyclic) bond motifs is 1. The van der Waals surface area contributed by atoms with Gasteiger partial charge in [0.05, 0.1) is 29.9 Å². The zero-order valence-electron chi connectivity index (χ0n) is 17.5. The number of amides is 1. The molecule has 33 heavy (non-hydrogen) atoms. The lowest BCUT2D eigenvalue weighted by molar-refractivity contribution is -0.116. The molecule has 0 saturated heterocycles. The van der Waals surface area contributed by atoms with Crippen LogP contribution in [0.5, 0.6) is 0 Å². The average molecular weight is 441 g/mol. The highest BCUT2D eigenvalue weighted by atomic mass is 16.5. The van der Waals surface area contributed by atoms with Crippen molar-refractivity contribution in [2.24, 2.45) is 0 Å². The van der Waals surface area contributed by atoms with E-state index in [4.69, 9.17) is 8.94 Å². The van der Waals surface area contributed by atoms with Gasteiger partial charge in [-0.3, -0.25) is 14.2 Å². The lowest BCUT2D eigenvalue weighted by Crippen LogP contribution is -2.23. The maximum Gasteiger partial charge on any atom is 0.261 e. The number of rotatable bonds is 7. The zero-order chi connectivity index (χ0) is 22.6. The summed E-state index contributed by atoms with van der Waals surface area (Å²) in [5.41, 5.74) is 1.93. The normalized spacial score (nSPS) is 11.0. The Morgan fingerprint density at radius 3 is 2.76 bits per heavy atom. The number of hydrogen-bond acceptors (Lipinski definition) is 7. The summed E-state index contributed by atoms with van der Waals surface area (Å²) in [6, 6.07) is 18.0. The Hall–Kier alpha value is -4.53. The van der Waals surface area contributed by atoms with Crippen LogP contribution in [0.1, 0.15) is 17.9 Å². The molecule has 0 radical (unpaired) electrons. The molecule has 0 saturated carbocycles. The van der Waals surface area contributed by atoms with E-state index in [-0.39, 0.29) is 24.4 Å². The van der Waals surface area contributed by atoms with E-state index in [1.54, 1.807) is 36.4 Å². The quantitative estimate of drug-likeness (QED) is 0.410. The molecule has 0 spiro atoms. The summed E-state index contributed by atoms with van der Waals surface area (Å²) in [6.45, 7) is 0.223. The first-order chi connectivity index (χ1) is 16.2. The third kappa shape index (κ3) is 4.42. The van der Waals surface area contributed by atoms with Gasteiger partial charge in [-0.25, -0.2) is 4.98 Å². The minimum absolute atomic E-state index is 0.122. The van der Waals surface area contributed by atoms with Crippen LogP contribution in [0.3, 0.4) is 0 Å². The average Bonchev–Trinajstić information content (AvgIpc) is 3.52. The molecule has 0 aliphatic rings. The van der Waals surface area contributed by atoms with Crippen LogP contribution in [-0.4, -0.2) is 25.6 Å². The van der Waals surface area contributed by atoms with Crippen LogP contribution < -0.4 is 10.9 Å². The van der Waals surface area contributed by atoms with Crippen molar-refractivity contribution in [3.8, 4) is 11.6 Å². The third-order valence-electron chi connectivity index (χ3n) is 5.15. The molecule has 9 heteroatoms. The van der Waals surface area contributed by atoms with E-state index in [1.807, 2.05) is 24.3 Å². The second-order valence-corrected chi connectivity index (χ2v) is 7.38. The van der Waals surface area contributed by atoms with Crippen molar-refractivity contribution in [3.05, 3.63) is 95.1 Å². The molecule has 1 amide bonds. The fourth-order valence-electron chi connectivity index (χ4n) is 3.49. The van der Waals surface area contributed by atoms with E-state index in [0.717, 1.165) is 5.56 Å². The van der Waals surface area contributed by atoms with Crippen molar-refractivity contribution in [3.63, 3.8) is 0 Å². The first kappa shape index (κ1) is 20.4. The molecule has 0 aliphatic carbocycles. The highest BCUT2D eigenvalue weighted by Gasteiger charge is 2.14. The van der Waals surface area contributed by atoms with E-state index in [9.17, 15) is 9.59 Å². The second kappa shape index (κ2) is 8.91. The second-order valence-electron chi connectivity index (χ2n) is 7.38. The number of anilines is 1. The van der Waals surface area contributed by atoms with E-state index in [1.165, 1.54) is 17.2 Å². The lowest BCUT2D eigenvalue weighted by atomic mass is 10.1. The van der Waals surface area contributed by atoms with Crippen molar-refractivity contribution in [2.75, 3.05) is 5.32 Å². The van der Waals surface area contributed by atoms with Crippen LogP contribution in [-0.2, 0) is 17.8 Å². The van der Waals surface area contributed by atoms with Gasteiger partial charge in [-0.2, -0.15) is 4.98 Å². The smallest absolute Gasteiger partial charge is 0.261 e. The molecule has 9 nitrogen and oxygen atoms in total. The molecule has 2 aromatic carbocycles. The van der Waals surface area contributed by atoms with E-state index in [2.05, 4.69) is 20.4 Å². The molecular formula is C24H19N5O4. The number of aryl methyl sites for hydroxylation is 1. The minimum Gasteiger partial charge on any atom is -0.461 e. The molecule has 3 aromatic heterocycles. The van der Waals surface area contributed by atoms with Gasteiger partial charge in [0, 0.05) is 18.7 Å². The van der Waals surface area contributed by atoms with E-state index >= 15 is 0 Å². The van der Waals surface area contributed by atoms with Crippen LogP contribution >= 0.6 is 0 Å². The predicted molar refractivity (Wildman–Crippen MR) is 120 cm³/mol. The van der Waals surface area contributed by atoms with Crippen molar-refractivity contribution >= 4 is 22.5 Å². The highest BCUT2D eigenvalue weighted by Crippen LogP contribution is 2.21. The fraction of sp³-hybridized carbons (Fsp3) is 0.125. The highest BCUT2D eigenvalue weighted by molar-refractivity contribution is 5.91. The van der Waals surface area contributed by atoms with Gasteiger partial charge in [0.15, 0.2) is 5.76 Å². The number of para-hydroxylation sites is 2. The zero-order valence-corrected chi connectivity index (χ0v) is 17.5. The summed E-state index contributed by atoms with van der Waals surface area (Å²) < 4.78 is 12.1. The maximum absolute atomic E-state index is 12.6. The number of nitrogens with one attached hydrogen (secondary N) is 1. The molecular weight excluding hydrogens is 422 g/mol. The van der Waals surface area contributed by atoms with E-state index in [0.29, 0.717) is 40.5 Å². The molecule has 1 N–H and O–H groups in total. The van der Waals surface area contributed by atoms with Crippen molar-refractivity contribution < 1.29 is 13.7 Å². The number of benzene rings is 2. The van der Waals surface area contributed by atoms with Gasteiger partial charge in [0.1, 0.15) is 0 Å². The predicted octanol–water partition coefficient (Wildman–Crippen LogP) is 3.66. The summed E-state index contributed by atoms with van der Waals surface area (Å²) in [7, 11) is 0. The Bertz CT molecular complexity index is 1470. The molecule has 0 unspecified atom stereocenters. The number of nitrogens with zero attached hydrogens (tertiary/aromatic N) is 4. The topological polar surface area (TPSA) is 116 Å². The van der Waals surface area contributed by atoms with Crippen LogP contribution in [0.25, 0.3) is 22.5 Å². The number of hydrogen-bond donors (Lipinski definition) is 1. The van der Waals surface area contributed by atoms with Gasteiger partial charge in [0.2, 0.25) is 17.6 Å². The lowest BCUT2D eigenvalue weighted by Gasteiger charge is -2.11. The van der Waals surface area contributed by atoms with Crippen molar-refractivity contribution in [1.29, 1.82) is 0 Å². The van der Waals surface area contributed by atoms with Crippen LogP contribution in [0.2, 0.25) is 0 Å². The van der Waals surface area contributed by atoms with Crippen LogP contribution in [0.15, 0.2) is 87.0 Å². The first-order valence-electron chi connectivity index (χ1n) is 10.4. The summed E-state index contributed by atoms with van der Waals surface area (Å²) in [4.78, 5) is 33.9. The summed E-state index contributed by atoms with van der Waals surface area (Å²) in [5.74, 6) is 1.07. The molecule has 5 rings (SSSR count). The Balaban J connectivity index is 1.26. The molecule has 0 bridgehead atoms. The van der Waals surface area contributed by atoms with Gasteiger partial charge >= 0.3 is 0 Å². The minimum atomic E-state index is -0.218. The van der Waals surface area contributed by atoms with Gasteiger partial charge in [-0.05, 0) is 35.9 Å². The molecule has 164 valence electrons. The number of carbonyl (C=O) groups excluding carboxylic acids is 1. The van der Waals surface area contributed by atoms with Gasteiger partial charge < -0.3 is 14.3 Å². The van der Waals surface area contributed by atoms with Crippen molar-refractivity contribution in [2.45, 2.75) is 19.4 Å². The monoisotopic (exact) mass is 441 g/mol. The Kier molecular flexibility index (Phi) is 5.50. The Morgan fingerprint density at radius 2 is 1.88 bits per heavy atom. The molecule has 5 aromatic rings. The first-order valence-corrected chi connectivity index (χ1v) is 10.4. The summed E-state index contributed by atoms with van der Waals surface area (Å²) in [5, 5.41) is 7.37. The fourth-order valence-corrected chi connectivity index (χ4v) is 3.49. The summed E-state index contributed by atoms with van der Waals surface area (Å²) >= 11 is 0. The van der Waals surface area contributed by atoms with E-state index < -0.39 is 0 Å². The van der Waals surface area contributed by atoms with Gasteiger partial charge in [-0.1, -0.05) is 35.5 Å². The molecule has 3 heterocycles. The number of furan rings is 1. The van der Waals surface area contributed by atoms with Gasteiger partial charge in [-0.15, -0.1) is 0 Å². The van der Waals surface area contributed by atoms with Crippen LogP contribution in [0, 0.1) is 0 Å². The Morgan fingerprint density at radius 1 is 1.03 bits per heavy atom. The number of carbonyl (C=O) groups is 1.